The molecular formula is C12H12BrClO2. The van der Waals surface area contributed by atoms with Crippen LogP contribution in [0.2, 0.25) is 5.02 Å². The summed E-state index contributed by atoms with van der Waals surface area (Å²) in [5, 5.41) is 0.566. The fraction of sp³-hybridized carbons (Fsp3) is 0.333. The Morgan fingerprint density at radius 1 is 1.44 bits per heavy atom. The Bertz CT molecular complexity index is 429. The predicted octanol–water partition coefficient (Wildman–Crippen LogP) is 3.90. The molecule has 0 saturated carbocycles. The van der Waals surface area contributed by atoms with Crippen LogP contribution in [-0.2, 0) is 4.79 Å². The highest BCUT2D eigenvalue weighted by molar-refractivity contribution is 9.10. The van der Waals surface area contributed by atoms with Crippen LogP contribution in [0.25, 0.3) is 0 Å². The van der Waals surface area contributed by atoms with E-state index in [1.807, 2.05) is 0 Å². The Balaban J connectivity index is 2.88. The van der Waals surface area contributed by atoms with E-state index in [0.29, 0.717) is 15.1 Å². The van der Waals surface area contributed by atoms with Crippen LogP contribution in [-0.4, -0.2) is 11.6 Å². The van der Waals surface area contributed by atoms with E-state index in [1.165, 1.54) is 6.92 Å². The van der Waals surface area contributed by atoms with Gasteiger partial charge in [0.15, 0.2) is 5.78 Å². The van der Waals surface area contributed by atoms with Gasteiger partial charge in [0.05, 0.1) is 5.02 Å². The zero-order chi connectivity index (χ0) is 12.3. The van der Waals surface area contributed by atoms with E-state index in [9.17, 15) is 9.59 Å². The number of carbonyl (C=O) groups is 2. The van der Waals surface area contributed by atoms with Gasteiger partial charge < -0.3 is 4.79 Å². The van der Waals surface area contributed by atoms with Crippen molar-refractivity contribution in [1.29, 1.82) is 0 Å². The number of halogens is 2. The van der Waals surface area contributed by atoms with Gasteiger partial charge in [0, 0.05) is 22.4 Å². The second kappa shape index (κ2) is 5.60. The molecule has 0 saturated heterocycles. The summed E-state index contributed by atoms with van der Waals surface area (Å²) in [4.78, 5) is 22.9. The standard InChI is InChI=1S/C12H12BrClO2/c1-7(5-8(2)15)12(16)9-3-4-11(14)10(13)6-9/h3-4,6-7H,5H2,1-2H3. The Morgan fingerprint density at radius 3 is 2.56 bits per heavy atom. The van der Waals surface area contributed by atoms with Gasteiger partial charge in [-0.2, -0.15) is 0 Å². The van der Waals surface area contributed by atoms with Gasteiger partial charge in [0.25, 0.3) is 0 Å². The molecule has 0 aliphatic rings. The average Bonchev–Trinajstić information content (AvgIpc) is 2.20. The molecule has 2 nitrogen and oxygen atoms in total. The number of ketones is 2. The average molecular weight is 304 g/mol. The maximum Gasteiger partial charge on any atom is 0.166 e. The summed E-state index contributed by atoms with van der Waals surface area (Å²) in [7, 11) is 0. The van der Waals surface area contributed by atoms with Crippen molar-refractivity contribution in [3.05, 3.63) is 33.3 Å². The van der Waals surface area contributed by atoms with Crippen molar-refractivity contribution in [1.82, 2.24) is 0 Å². The highest BCUT2D eigenvalue weighted by Gasteiger charge is 2.17. The van der Waals surface area contributed by atoms with Gasteiger partial charge in [0.2, 0.25) is 0 Å². The van der Waals surface area contributed by atoms with Crippen LogP contribution >= 0.6 is 27.5 Å². The van der Waals surface area contributed by atoms with Crippen molar-refractivity contribution in [3.8, 4) is 0 Å². The number of rotatable bonds is 4. The fourth-order valence-electron chi connectivity index (χ4n) is 1.46. The van der Waals surface area contributed by atoms with Crippen LogP contribution in [0, 0.1) is 5.92 Å². The van der Waals surface area contributed by atoms with Crippen molar-refractivity contribution in [2.75, 3.05) is 0 Å². The summed E-state index contributed by atoms with van der Waals surface area (Å²) in [6.45, 7) is 3.24. The van der Waals surface area contributed by atoms with E-state index in [-0.39, 0.29) is 23.9 Å². The molecule has 0 heterocycles. The zero-order valence-corrected chi connectivity index (χ0v) is 11.4. The van der Waals surface area contributed by atoms with E-state index in [0.717, 1.165) is 0 Å². The molecule has 0 N–H and O–H groups in total. The van der Waals surface area contributed by atoms with Crippen LogP contribution in [0.15, 0.2) is 22.7 Å². The first-order valence-corrected chi connectivity index (χ1v) is 6.07. The van der Waals surface area contributed by atoms with Gasteiger partial charge in [-0.1, -0.05) is 18.5 Å². The normalized spacial score (nSPS) is 12.2. The van der Waals surface area contributed by atoms with Crippen molar-refractivity contribution in [2.24, 2.45) is 5.92 Å². The zero-order valence-electron chi connectivity index (χ0n) is 9.09. The monoisotopic (exact) mass is 302 g/mol. The lowest BCUT2D eigenvalue weighted by Gasteiger charge is -2.09. The first-order chi connectivity index (χ1) is 7.41. The summed E-state index contributed by atoms with van der Waals surface area (Å²) in [5.74, 6) is -0.299. The number of carbonyl (C=O) groups excluding carboxylic acids is 2. The third kappa shape index (κ3) is 3.42. The molecule has 0 fully saturated rings. The Morgan fingerprint density at radius 2 is 2.06 bits per heavy atom. The molecule has 86 valence electrons. The third-order valence-electron chi connectivity index (χ3n) is 2.25. The molecule has 0 amide bonds. The molecule has 0 aliphatic carbocycles. The minimum absolute atomic E-state index is 0.0221. The largest absolute Gasteiger partial charge is 0.300 e. The maximum absolute atomic E-state index is 11.9. The van der Waals surface area contributed by atoms with Crippen molar-refractivity contribution in [3.63, 3.8) is 0 Å². The van der Waals surface area contributed by atoms with E-state index < -0.39 is 0 Å². The van der Waals surface area contributed by atoms with Gasteiger partial charge in [0.1, 0.15) is 5.78 Å². The molecule has 0 radical (unpaired) electrons. The van der Waals surface area contributed by atoms with E-state index in [4.69, 9.17) is 11.6 Å². The molecule has 1 rings (SSSR count). The second-order valence-electron chi connectivity index (χ2n) is 3.80. The highest BCUT2D eigenvalue weighted by Crippen LogP contribution is 2.24. The second-order valence-corrected chi connectivity index (χ2v) is 5.06. The summed E-state index contributed by atoms with van der Waals surface area (Å²) < 4.78 is 0.690. The van der Waals surface area contributed by atoms with Crippen LogP contribution in [0.1, 0.15) is 30.6 Å². The summed E-state index contributed by atoms with van der Waals surface area (Å²) in [6, 6.07) is 5.02. The summed E-state index contributed by atoms with van der Waals surface area (Å²) in [5.41, 5.74) is 0.574. The first kappa shape index (κ1) is 13.4. The van der Waals surface area contributed by atoms with Gasteiger partial charge in [-0.25, -0.2) is 0 Å². The molecule has 16 heavy (non-hydrogen) atoms. The highest BCUT2D eigenvalue weighted by atomic mass is 79.9. The van der Waals surface area contributed by atoms with Crippen LogP contribution in [0.4, 0.5) is 0 Å². The predicted molar refractivity (Wildman–Crippen MR) is 67.9 cm³/mol. The van der Waals surface area contributed by atoms with Crippen molar-refractivity contribution in [2.45, 2.75) is 20.3 Å². The molecule has 0 spiro atoms. The lowest BCUT2D eigenvalue weighted by Crippen LogP contribution is -2.14. The number of hydrogen-bond donors (Lipinski definition) is 0. The smallest absolute Gasteiger partial charge is 0.166 e. The van der Waals surface area contributed by atoms with Crippen molar-refractivity contribution < 1.29 is 9.59 Å². The quantitative estimate of drug-likeness (QED) is 0.791. The molecule has 0 bridgehead atoms. The Kier molecular flexibility index (Phi) is 4.69. The molecule has 1 atom stereocenters. The molecule has 1 unspecified atom stereocenters. The number of hydrogen-bond acceptors (Lipinski definition) is 2. The Labute approximate surface area is 108 Å². The fourth-order valence-corrected chi connectivity index (χ4v) is 1.95. The molecular weight excluding hydrogens is 291 g/mol. The van der Waals surface area contributed by atoms with Gasteiger partial charge in [-0.05, 0) is 41.1 Å². The van der Waals surface area contributed by atoms with Gasteiger partial charge >= 0.3 is 0 Å². The van der Waals surface area contributed by atoms with Gasteiger partial charge in [-0.3, -0.25) is 4.79 Å². The van der Waals surface area contributed by atoms with Crippen LogP contribution in [0.5, 0.6) is 0 Å². The third-order valence-corrected chi connectivity index (χ3v) is 3.46. The van der Waals surface area contributed by atoms with E-state index >= 15 is 0 Å². The Hall–Kier alpha value is -0.670. The lowest BCUT2D eigenvalue weighted by molar-refractivity contribution is -0.117. The molecule has 0 aliphatic heterocycles. The van der Waals surface area contributed by atoms with Crippen LogP contribution in [0.3, 0.4) is 0 Å². The minimum Gasteiger partial charge on any atom is -0.300 e. The molecule has 1 aromatic carbocycles. The van der Waals surface area contributed by atoms with Crippen molar-refractivity contribution >= 4 is 39.1 Å². The first-order valence-electron chi connectivity index (χ1n) is 4.90. The summed E-state index contributed by atoms with van der Waals surface area (Å²) >= 11 is 9.10. The maximum atomic E-state index is 11.9. The van der Waals surface area contributed by atoms with Gasteiger partial charge in [-0.15, -0.1) is 0 Å². The van der Waals surface area contributed by atoms with Crippen LogP contribution < -0.4 is 0 Å². The minimum atomic E-state index is -0.287. The number of benzene rings is 1. The topological polar surface area (TPSA) is 34.1 Å². The summed E-state index contributed by atoms with van der Waals surface area (Å²) in [6.07, 6.45) is 0.277. The SMILES string of the molecule is CC(=O)CC(C)C(=O)c1ccc(Cl)c(Br)c1. The molecule has 4 heteroatoms. The molecule has 1 aromatic rings. The van der Waals surface area contributed by atoms with E-state index in [2.05, 4.69) is 15.9 Å². The van der Waals surface area contributed by atoms with E-state index in [1.54, 1.807) is 25.1 Å². The number of Topliss-reactive ketones (excluding diaryl/α,β-unsaturated/α-hetero) is 2. The molecule has 0 aromatic heterocycles. The lowest BCUT2D eigenvalue weighted by atomic mass is 9.95.